The number of hydrazine groups is 1. The number of anilines is 1. The number of aromatic nitrogens is 3. The van der Waals surface area contributed by atoms with Crippen molar-refractivity contribution in [3.63, 3.8) is 0 Å². The van der Waals surface area contributed by atoms with E-state index in [9.17, 15) is 13.6 Å². The monoisotopic (exact) mass is 391 g/mol. The minimum absolute atomic E-state index is 0.185. The Balaban J connectivity index is 1.52. The van der Waals surface area contributed by atoms with Gasteiger partial charge < -0.3 is 5.43 Å². The summed E-state index contributed by atoms with van der Waals surface area (Å²) in [6, 6.07) is 9.68. The third kappa shape index (κ3) is 3.03. The van der Waals surface area contributed by atoms with Crippen molar-refractivity contribution in [2.45, 2.75) is 13.1 Å². The lowest BCUT2D eigenvalue weighted by atomic mass is 10.00. The molecule has 6 nitrogen and oxygen atoms in total. The van der Waals surface area contributed by atoms with Gasteiger partial charge in [0, 0.05) is 18.3 Å². The van der Waals surface area contributed by atoms with Crippen LogP contribution in [0.3, 0.4) is 0 Å². The second kappa shape index (κ2) is 6.75. The number of fused-ring (bicyclic) bond motifs is 2. The molecule has 0 aliphatic carbocycles. The summed E-state index contributed by atoms with van der Waals surface area (Å²) >= 11 is 0. The van der Waals surface area contributed by atoms with Crippen molar-refractivity contribution in [3.8, 4) is 11.1 Å². The largest absolute Gasteiger partial charge is 0.321 e. The van der Waals surface area contributed by atoms with Gasteiger partial charge in [-0.1, -0.05) is 6.07 Å². The molecule has 0 unspecified atom stereocenters. The van der Waals surface area contributed by atoms with Gasteiger partial charge in [0.25, 0.3) is 5.56 Å². The Labute approximate surface area is 163 Å². The Kier molecular flexibility index (Phi) is 4.06. The number of pyridine rings is 1. The fourth-order valence-electron chi connectivity index (χ4n) is 3.49. The van der Waals surface area contributed by atoms with Gasteiger partial charge in [0.05, 0.1) is 35.7 Å². The van der Waals surface area contributed by atoms with Crippen LogP contribution in [0.15, 0.2) is 59.9 Å². The van der Waals surface area contributed by atoms with Crippen LogP contribution in [-0.4, -0.2) is 14.5 Å². The summed E-state index contributed by atoms with van der Waals surface area (Å²) in [6.07, 6.45) is 4.23. The molecule has 0 amide bonds. The number of nitrogens with zero attached hydrogens (tertiary/aromatic N) is 3. The lowest BCUT2D eigenvalue weighted by Gasteiger charge is -2.11. The summed E-state index contributed by atoms with van der Waals surface area (Å²) in [5.74, 6) is -1.42. The van der Waals surface area contributed by atoms with Crippen molar-refractivity contribution in [1.82, 2.24) is 20.0 Å². The molecule has 5 rings (SSSR count). The molecular weight excluding hydrogens is 376 g/mol. The molecule has 1 aliphatic rings. The van der Waals surface area contributed by atoms with Crippen LogP contribution in [0.25, 0.3) is 22.0 Å². The number of rotatable bonds is 3. The molecule has 1 aliphatic heterocycles. The van der Waals surface area contributed by atoms with E-state index >= 15 is 0 Å². The summed E-state index contributed by atoms with van der Waals surface area (Å²) in [6.45, 7) is 0.389. The molecule has 0 atom stereocenters. The third-order valence-corrected chi connectivity index (χ3v) is 5.04. The molecule has 0 radical (unpaired) electrons. The molecule has 8 heteroatoms. The lowest BCUT2D eigenvalue weighted by molar-refractivity contribution is 0.541. The zero-order chi connectivity index (χ0) is 20.0. The van der Waals surface area contributed by atoms with E-state index in [1.54, 1.807) is 6.07 Å². The van der Waals surface area contributed by atoms with Gasteiger partial charge in [-0.05, 0) is 47.0 Å². The van der Waals surface area contributed by atoms with E-state index in [2.05, 4.69) is 20.8 Å². The smallest absolute Gasteiger partial charge is 0.261 e. The lowest BCUT2D eigenvalue weighted by Crippen LogP contribution is -2.22. The summed E-state index contributed by atoms with van der Waals surface area (Å²) in [4.78, 5) is 20.6. The number of hydrogen-bond donors (Lipinski definition) is 2. The van der Waals surface area contributed by atoms with Crippen molar-refractivity contribution < 1.29 is 8.78 Å². The Morgan fingerprint density at radius 2 is 1.90 bits per heavy atom. The van der Waals surface area contributed by atoms with Gasteiger partial charge in [0.2, 0.25) is 0 Å². The highest BCUT2D eigenvalue weighted by Crippen LogP contribution is 2.29. The maximum absolute atomic E-state index is 14.8. The molecule has 0 fully saturated rings. The first kappa shape index (κ1) is 17.4. The van der Waals surface area contributed by atoms with Crippen molar-refractivity contribution in [1.29, 1.82) is 0 Å². The summed E-state index contributed by atoms with van der Waals surface area (Å²) < 4.78 is 30.8. The predicted molar refractivity (Wildman–Crippen MR) is 105 cm³/mol. The van der Waals surface area contributed by atoms with Crippen molar-refractivity contribution in [3.05, 3.63) is 88.2 Å². The Hall–Kier alpha value is -3.65. The van der Waals surface area contributed by atoms with Gasteiger partial charge in [0.15, 0.2) is 0 Å². The van der Waals surface area contributed by atoms with Crippen molar-refractivity contribution in [2.75, 3.05) is 5.43 Å². The fraction of sp³-hybridized carbons (Fsp3) is 0.0952. The third-order valence-electron chi connectivity index (χ3n) is 5.04. The van der Waals surface area contributed by atoms with Gasteiger partial charge in [-0.2, -0.15) is 0 Å². The first-order chi connectivity index (χ1) is 14.1. The van der Waals surface area contributed by atoms with E-state index in [1.807, 2.05) is 12.1 Å². The molecule has 0 spiro atoms. The number of nitrogens with one attached hydrogen (secondary N) is 2. The quantitative estimate of drug-likeness (QED) is 0.561. The van der Waals surface area contributed by atoms with Crippen LogP contribution < -0.4 is 16.4 Å². The van der Waals surface area contributed by atoms with E-state index in [-0.39, 0.29) is 17.7 Å². The van der Waals surface area contributed by atoms with Crippen LogP contribution in [0, 0.1) is 11.6 Å². The highest BCUT2D eigenvalue weighted by molar-refractivity contribution is 5.75. The van der Waals surface area contributed by atoms with Crippen LogP contribution in [0.4, 0.5) is 14.5 Å². The maximum atomic E-state index is 14.8. The summed E-state index contributed by atoms with van der Waals surface area (Å²) in [5.41, 5.74) is 9.02. The van der Waals surface area contributed by atoms with Crippen LogP contribution in [0.2, 0.25) is 0 Å². The van der Waals surface area contributed by atoms with Crippen molar-refractivity contribution >= 4 is 16.6 Å². The van der Waals surface area contributed by atoms with E-state index < -0.39 is 11.6 Å². The fourth-order valence-corrected chi connectivity index (χ4v) is 3.49. The molecular formula is C21H15F2N5O. The molecule has 3 heterocycles. The topological polar surface area (TPSA) is 71.8 Å². The van der Waals surface area contributed by atoms with Gasteiger partial charge in [-0.15, -0.1) is 0 Å². The Morgan fingerprint density at radius 3 is 2.72 bits per heavy atom. The zero-order valence-corrected chi connectivity index (χ0v) is 15.1. The summed E-state index contributed by atoms with van der Waals surface area (Å²) in [5, 5.41) is 0.347. The molecule has 0 saturated carbocycles. The average Bonchev–Trinajstić information content (AvgIpc) is 3.20. The minimum Gasteiger partial charge on any atom is -0.321 e. The standard InChI is InChI=1S/C21H15F2N5O/c22-17-6-13(12-1-2-19-14(5-12)8-26-27-19)7-18(23)16(17)10-28-11-25-20-9-24-4-3-15(20)21(28)29/h1-7,9,11,26-27H,8,10H2. The number of benzene rings is 2. The predicted octanol–water partition coefficient (Wildman–Crippen LogP) is 3.22. The molecule has 2 aromatic heterocycles. The number of halogens is 2. The van der Waals surface area contributed by atoms with E-state index in [0.29, 0.717) is 23.0 Å². The van der Waals surface area contributed by atoms with Crippen LogP contribution >= 0.6 is 0 Å². The first-order valence-electron chi connectivity index (χ1n) is 8.99. The SMILES string of the molecule is O=c1c2ccncc2ncn1Cc1c(F)cc(-c2ccc3c(c2)CNN3)cc1F. The van der Waals surface area contributed by atoms with Crippen LogP contribution in [0.5, 0.6) is 0 Å². The highest BCUT2D eigenvalue weighted by Gasteiger charge is 2.16. The van der Waals surface area contributed by atoms with Gasteiger partial charge in [0.1, 0.15) is 11.6 Å². The number of hydrogen-bond acceptors (Lipinski definition) is 5. The van der Waals surface area contributed by atoms with E-state index in [1.165, 1.54) is 41.5 Å². The summed E-state index contributed by atoms with van der Waals surface area (Å²) in [7, 11) is 0. The molecule has 4 aromatic rings. The second-order valence-corrected chi connectivity index (χ2v) is 6.84. The first-order valence-corrected chi connectivity index (χ1v) is 8.99. The average molecular weight is 391 g/mol. The highest BCUT2D eigenvalue weighted by atomic mass is 19.1. The molecule has 144 valence electrons. The molecule has 2 N–H and O–H groups in total. The van der Waals surface area contributed by atoms with Gasteiger partial charge in [-0.25, -0.2) is 19.2 Å². The normalized spacial score (nSPS) is 12.8. The van der Waals surface area contributed by atoms with Crippen LogP contribution in [0.1, 0.15) is 11.1 Å². The molecule has 29 heavy (non-hydrogen) atoms. The van der Waals surface area contributed by atoms with E-state index in [0.717, 1.165) is 16.8 Å². The van der Waals surface area contributed by atoms with E-state index in [4.69, 9.17) is 0 Å². The molecule has 2 aromatic carbocycles. The molecule has 0 saturated heterocycles. The van der Waals surface area contributed by atoms with Crippen LogP contribution in [-0.2, 0) is 13.1 Å². The Bertz CT molecular complexity index is 1300. The zero-order valence-electron chi connectivity index (χ0n) is 15.1. The Morgan fingerprint density at radius 1 is 1.07 bits per heavy atom. The second-order valence-electron chi connectivity index (χ2n) is 6.84. The van der Waals surface area contributed by atoms with Gasteiger partial charge in [-0.3, -0.25) is 14.3 Å². The maximum Gasteiger partial charge on any atom is 0.261 e. The van der Waals surface area contributed by atoms with Crippen molar-refractivity contribution in [2.24, 2.45) is 0 Å². The molecule has 0 bridgehead atoms. The van der Waals surface area contributed by atoms with Gasteiger partial charge >= 0.3 is 0 Å². The minimum atomic E-state index is -0.710.